The Bertz CT molecular complexity index is 825. The summed E-state index contributed by atoms with van der Waals surface area (Å²) in [4.78, 5) is 17.0. The van der Waals surface area contributed by atoms with E-state index in [1.165, 1.54) is 12.6 Å². The van der Waals surface area contributed by atoms with Gasteiger partial charge in [0.1, 0.15) is 17.9 Å². The molecule has 26 heavy (non-hydrogen) atoms. The molecule has 0 bridgehead atoms. The first kappa shape index (κ1) is 18.2. The van der Waals surface area contributed by atoms with Gasteiger partial charge in [0.2, 0.25) is 0 Å². The number of aromatic nitrogens is 3. The average molecular weight is 355 g/mol. The maximum absolute atomic E-state index is 12.4. The van der Waals surface area contributed by atoms with Gasteiger partial charge in [0, 0.05) is 17.5 Å². The molecule has 1 fully saturated rings. The molecule has 7 nitrogen and oxygen atoms in total. The van der Waals surface area contributed by atoms with Crippen LogP contribution in [0, 0.1) is 17.2 Å². The van der Waals surface area contributed by atoms with E-state index < -0.39 is 12.2 Å². The minimum absolute atomic E-state index is 0.245. The van der Waals surface area contributed by atoms with E-state index in [0.717, 1.165) is 25.7 Å². The first-order chi connectivity index (χ1) is 12.4. The van der Waals surface area contributed by atoms with E-state index in [0.29, 0.717) is 16.9 Å². The number of nitrogens with one attached hydrogen (secondary N) is 1. The van der Waals surface area contributed by atoms with E-state index in [-0.39, 0.29) is 11.5 Å². The molecule has 0 spiro atoms. The number of carbonyl (C=O) groups is 1. The normalized spacial score (nSPS) is 16.8. The van der Waals surface area contributed by atoms with Crippen LogP contribution < -0.4 is 5.32 Å². The van der Waals surface area contributed by atoms with E-state index in [9.17, 15) is 4.79 Å². The summed E-state index contributed by atoms with van der Waals surface area (Å²) in [5, 5.41) is 16.1. The van der Waals surface area contributed by atoms with Gasteiger partial charge in [0.05, 0.1) is 18.0 Å². The van der Waals surface area contributed by atoms with E-state index >= 15 is 0 Å². The van der Waals surface area contributed by atoms with Crippen molar-refractivity contribution in [2.45, 2.75) is 64.5 Å². The lowest BCUT2D eigenvalue weighted by Gasteiger charge is -2.30. The largest absolute Gasteiger partial charge is 0.439 e. The smallest absolute Gasteiger partial charge is 0.408 e. The molecule has 1 saturated carbocycles. The van der Waals surface area contributed by atoms with Gasteiger partial charge in [0.15, 0.2) is 5.65 Å². The maximum atomic E-state index is 12.4. The Morgan fingerprint density at radius 3 is 2.77 bits per heavy atom. The predicted octanol–water partition coefficient (Wildman–Crippen LogP) is 3.75. The summed E-state index contributed by atoms with van der Waals surface area (Å²) in [7, 11) is 0. The molecule has 1 aliphatic carbocycles. The molecule has 2 aromatic heterocycles. The zero-order valence-corrected chi connectivity index (χ0v) is 15.5. The monoisotopic (exact) mass is 355 g/mol. The van der Waals surface area contributed by atoms with Crippen LogP contribution in [0.2, 0.25) is 0 Å². The van der Waals surface area contributed by atoms with Crippen LogP contribution in [-0.4, -0.2) is 26.2 Å². The average Bonchev–Trinajstić information content (AvgIpc) is 3.01. The molecule has 2 aromatic rings. The van der Waals surface area contributed by atoms with Gasteiger partial charge in [0.25, 0.3) is 0 Å². The molecule has 3 rings (SSSR count). The van der Waals surface area contributed by atoms with Crippen molar-refractivity contribution in [2.24, 2.45) is 5.92 Å². The van der Waals surface area contributed by atoms with Gasteiger partial charge < -0.3 is 10.1 Å². The van der Waals surface area contributed by atoms with Crippen LogP contribution in [0.4, 0.5) is 4.79 Å². The van der Waals surface area contributed by atoms with Gasteiger partial charge in [-0.25, -0.2) is 14.3 Å². The molecule has 1 aliphatic rings. The number of amides is 1. The SMILES string of the molecule is CC(C)(C)NC(=O)O[C@H](c1cn2ncc(C#N)cc2n1)C1CCCCC1. The summed E-state index contributed by atoms with van der Waals surface area (Å²) in [6.45, 7) is 5.76. The molecule has 138 valence electrons. The van der Waals surface area contributed by atoms with Crippen molar-refractivity contribution in [3.05, 3.63) is 29.7 Å². The molecule has 1 N–H and O–H groups in total. The van der Waals surface area contributed by atoms with Crippen LogP contribution in [0.1, 0.15) is 70.2 Å². The van der Waals surface area contributed by atoms with Crippen molar-refractivity contribution in [2.75, 3.05) is 0 Å². The van der Waals surface area contributed by atoms with E-state index in [1.54, 1.807) is 16.8 Å². The highest BCUT2D eigenvalue weighted by Crippen LogP contribution is 2.36. The summed E-state index contributed by atoms with van der Waals surface area (Å²) < 4.78 is 7.44. The number of rotatable bonds is 3. The van der Waals surface area contributed by atoms with Gasteiger partial charge in [-0.3, -0.25) is 0 Å². The highest BCUT2D eigenvalue weighted by atomic mass is 16.6. The van der Waals surface area contributed by atoms with Gasteiger partial charge in [-0.2, -0.15) is 10.4 Å². The number of imidazole rings is 1. The highest BCUT2D eigenvalue weighted by Gasteiger charge is 2.31. The Labute approximate surface area is 153 Å². The van der Waals surface area contributed by atoms with Crippen LogP contribution in [-0.2, 0) is 4.74 Å². The van der Waals surface area contributed by atoms with Crippen LogP contribution in [0.15, 0.2) is 18.5 Å². The number of ether oxygens (including phenoxy) is 1. The summed E-state index contributed by atoms with van der Waals surface area (Å²) in [5.74, 6) is 0.245. The summed E-state index contributed by atoms with van der Waals surface area (Å²) in [5.41, 5.74) is 1.36. The van der Waals surface area contributed by atoms with Crippen LogP contribution in [0.5, 0.6) is 0 Å². The first-order valence-corrected chi connectivity index (χ1v) is 9.10. The Morgan fingerprint density at radius 2 is 2.12 bits per heavy atom. The quantitative estimate of drug-likeness (QED) is 0.905. The fourth-order valence-corrected chi connectivity index (χ4v) is 3.38. The minimum atomic E-state index is -0.434. The Morgan fingerprint density at radius 1 is 1.38 bits per heavy atom. The van der Waals surface area contributed by atoms with Gasteiger partial charge >= 0.3 is 6.09 Å². The molecule has 1 amide bonds. The maximum Gasteiger partial charge on any atom is 0.408 e. The van der Waals surface area contributed by atoms with Crippen molar-refractivity contribution in [1.29, 1.82) is 5.26 Å². The van der Waals surface area contributed by atoms with Crippen molar-refractivity contribution in [3.63, 3.8) is 0 Å². The second-order valence-electron chi connectivity index (χ2n) is 7.92. The molecule has 7 heteroatoms. The number of nitriles is 1. The number of fused-ring (bicyclic) bond motifs is 1. The third kappa shape index (κ3) is 4.31. The molecular weight excluding hydrogens is 330 g/mol. The van der Waals surface area contributed by atoms with E-state index in [4.69, 9.17) is 10.00 Å². The fourth-order valence-electron chi connectivity index (χ4n) is 3.38. The zero-order valence-electron chi connectivity index (χ0n) is 15.5. The van der Waals surface area contributed by atoms with Crippen LogP contribution in [0.25, 0.3) is 5.65 Å². The van der Waals surface area contributed by atoms with Crippen LogP contribution in [0.3, 0.4) is 0 Å². The third-order valence-corrected chi connectivity index (χ3v) is 4.55. The molecular formula is C19H25N5O2. The second-order valence-corrected chi connectivity index (χ2v) is 7.92. The second kappa shape index (κ2) is 7.32. The molecule has 0 unspecified atom stereocenters. The van der Waals surface area contributed by atoms with Gasteiger partial charge in [-0.15, -0.1) is 0 Å². The van der Waals surface area contributed by atoms with Crippen molar-refractivity contribution >= 4 is 11.7 Å². The minimum Gasteiger partial charge on any atom is -0.439 e. The first-order valence-electron chi connectivity index (χ1n) is 9.10. The summed E-state index contributed by atoms with van der Waals surface area (Å²) in [6.07, 6.45) is 7.96. The number of carbonyl (C=O) groups excluding carboxylic acids is 1. The molecule has 1 atom stereocenters. The molecule has 0 saturated heterocycles. The van der Waals surface area contributed by atoms with E-state index in [1.807, 2.05) is 20.8 Å². The topological polar surface area (TPSA) is 92.3 Å². The fraction of sp³-hybridized carbons (Fsp3) is 0.579. The standard InChI is InChI=1S/C19H25N5O2/c1-19(2,3)23-18(25)26-17(14-7-5-4-6-8-14)15-12-24-16(22-15)9-13(10-20)11-21-24/h9,11-12,14,17H,4-8H2,1-3H3,(H,23,25)/t17-/m0/s1. The van der Waals surface area contributed by atoms with Crippen molar-refractivity contribution in [3.8, 4) is 6.07 Å². The number of hydrogen-bond acceptors (Lipinski definition) is 5. The Hall–Kier alpha value is -2.62. The lowest BCUT2D eigenvalue weighted by Crippen LogP contribution is -2.42. The third-order valence-electron chi connectivity index (χ3n) is 4.55. The molecule has 0 radical (unpaired) electrons. The Kier molecular flexibility index (Phi) is 5.12. The van der Waals surface area contributed by atoms with Crippen molar-refractivity contribution < 1.29 is 9.53 Å². The molecule has 0 aromatic carbocycles. The summed E-state index contributed by atoms with van der Waals surface area (Å²) >= 11 is 0. The number of alkyl carbamates (subject to hydrolysis) is 1. The number of hydrogen-bond donors (Lipinski definition) is 1. The molecule has 2 heterocycles. The van der Waals surface area contributed by atoms with Gasteiger partial charge in [-0.05, 0) is 33.6 Å². The number of nitrogens with zero attached hydrogens (tertiary/aromatic N) is 4. The zero-order chi connectivity index (χ0) is 18.7. The highest BCUT2D eigenvalue weighted by molar-refractivity contribution is 5.68. The lowest BCUT2D eigenvalue weighted by atomic mass is 9.84. The lowest BCUT2D eigenvalue weighted by molar-refractivity contribution is 0.0410. The molecule has 0 aliphatic heterocycles. The van der Waals surface area contributed by atoms with Gasteiger partial charge in [-0.1, -0.05) is 19.3 Å². The van der Waals surface area contributed by atoms with Crippen molar-refractivity contribution in [1.82, 2.24) is 19.9 Å². The summed E-state index contributed by atoms with van der Waals surface area (Å²) in [6, 6.07) is 3.75. The Balaban J connectivity index is 1.89. The predicted molar refractivity (Wildman–Crippen MR) is 96.4 cm³/mol. The van der Waals surface area contributed by atoms with Crippen LogP contribution >= 0.6 is 0 Å². The van der Waals surface area contributed by atoms with E-state index in [2.05, 4.69) is 21.5 Å².